The molecule has 232 valence electrons. The van der Waals surface area contributed by atoms with Crippen LogP contribution >= 0.6 is 46.7 Å². The van der Waals surface area contributed by atoms with Crippen LogP contribution in [0.25, 0.3) is 0 Å². The van der Waals surface area contributed by atoms with E-state index in [0.717, 1.165) is 61.3 Å². The SMILES string of the molecule is CSc1nc(Cl)c([N+](=O)[O-])c(N2CC[N+]3(CC2)CC[N+]2(CCN(c4nc(SC)nc(Cl)c4[N+](=O)[O-])CC2)CC3)n1.[Cl-].[Cl-]. The highest BCUT2D eigenvalue weighted by Crippen LogP contribution is 2.37. The van der Waals surface area contributed by atoms with Gasteiger partial charge in [-0.1, -0.05) is 46.7 Å². The highest BCUT2D eigenvalue weighted by atomic mass is 35.5. The van der Waals surface area contributed by atoms with Crippen molar-refractivity contribution in [3.8, 4) is 0 Å². The van der Waals surface area contributed by atoms with Crippen LogP contribution < -0.4 is 34.6 Å². The zero-order valence-corrected chi connectivity index (χ0v) is 27.6. The van der Waals surface area contributed by atoms with Crippen molar-refractivity contribution in [1.82, 2.24) is 19.9 Å². The van der Waals surface area contributed by atoms with Crippen molar-refractivity contribution in [1.29, 1.82) is 0 Å². The summed E-state index contributed by atoms with van der Waals surface area (Å²) < 4.78 is 1.96. The summed E-state index contributed by atoms with van der Waals surface area (Å²) in [6.45, 7) is 10.2. The maximum atomic E-state index is 11.7. The van der Waals surface area contributed by atoms with Crippen molar-refractivity contribution >= 4 is 69.7 Å². The summed E-state index contributed by atoms with van der Waals surface area (Å²) in [7, 11) is 0. The number of thioether (sulfide) groups is 2. The third-order valence-corrected chi connectivity index (χ3v) is 10.0. The molecule has 2 aromatic rings. The first kappa shape index (κ1) is 34.8. The average Bonchev–Trinajstić information content (AvgIpc) is 2.94. The van der Waals surface area contributed by atoms with E-state index < -0.39 is 9.85 Å². The van der Waals surface area contributed by atoms with E-state index in [0.29, 0.717) is 48.1 Å². The number of rotatable bonds is 6. The molecule has 5 rings (SSSR count). The Morgan fingerprint density at radius 2 is 0.952 bits per heavy atom. The summed E-state index contributed by atoms with van der Waals surface area (Å²) >= 11 is 14.9. The maximum absolute atomic E-state index is 11.7. The van der Waals surface area contributed by atoms with Crippen LogP contribution in [-0.4, -0.2) is 130 Å². The van der Waals surface area contributed by atoms with Gasteiger partial charge in [0.2, 0.25) is 21.9 Å². The van der Waals surface area contributed by atoms with Crippen molar-refractivity contribution < 1.29 is 43.6 Å². The van der Waals surface area contributed by atoms with Crippen LogP contribution in [-0.2, 0) is 0 Å². The first-order valence-electron chi connectivity index (χ1n) is 12.8. The Morgan fingerprint density at radius 3 is 1.21 bits per heavy atom. The van der Waals surface area contributed by atoms with Crippen LogP contribution in [0.1, 0.15) is 0 Å². The van der Waals surface area contributed by atoms with Gasteiger partial charge < -0.3 is 43.6 Å². The monoisotopic (exact) mass is 702 g/mol. The Labute approximate surface area is 273 Å². The number of quaternary nitrogens is 2. The van der Waals surface area contributed by atoms with Gasteiger partial charge >= 0.3 is 11.4 Å². The van der Waals surface area contributed by atoms with E-state index in [1.54, 1.807) is 0 Å². The Kier molecular flexibility index (Phi) is 11.6. The maximum Gasteiger partial charge on any atom is 0.348 e. The molecule has 20 heteroatoms. The normalized spacial score (nSPS) is 19.2. The first-order chi connectivity index (χ1) is 19.1. The molecule has 14 nitrogen and oxygen atoms in total. The molecular formula is C22H30Cl4N10O4S2. The van der Waals surface area contributed by atoms with Crippen LogP contribution in [0.3, 0.4) is 0 Å². The number of anilines is 2. The lowest BCUT2D eigenvalue weighted by Gasteiger charge is -2.54. The van der Waals surface area contributed by atoms with E-state index >= 15 is 0 Å². The minimum atomic E-state index is -0.499. The van der Waals surface area contributed by atoms with Crippen molar-refractivity contribution in [3.63, 3.8) is 0 Å². The standard InChI is InChI=1S/C22H30Cl2N10O4S2.2ClH/c1-39-21-25-17(23)15(31(35)36)19(27-21)29-3-7-33(8-4-29)11-13-34(14-12-33)9-5-30(6-10-34)20-16(32(37)38)18(24)26-22(28-20)40-2;;/h3-14H2,1-2H3;2*1H/q+2;;/p-2. The lowest BCUT2D eigenvalue weighted by atomic mass is 10.1. The molecule has 0 atom stereocenters. The zero-order valence-electron chi connectivity index (χ0n) is 22.9. The van der Waals surface area contributed by atoms with Gasteiger partial charge in [-0.2, -0.15) is 9.97 Å². The molecule has 0 aliphatic carbocycles. The molecule has 2 aromatic heterocycles. The van der Waals surface area contributed by atoms with Gasteiger partial charge in [-0.05, 0) is 12.5 Å². The van der Waals surface area contributed by atoms with Crippen LogP contribution in [0.4, 0.5) is 23.0 Å². The topological polar surface area (TPSA) is 144 Å². The van der Waals surface area contributed by atoms with Crippen molar-refractivity contribution in [3.05, 3.63) is 30.5 Å². The van der Waals surface area contributed by atoms with Gasteiger partial charge in [0, 0.05) is 0 Å². The molecule has 0 aromatic carbocycles. The third kappa shape index (κ3) is 6.85. The zero-order chi connectivity index (χ0) is 28.7. The average molecular weight is 704 g/mol. The molecule has 2 spiro atoms. The second-order valence-electron chi connectivity index (χ2n) is 10.3. The minimum Gasteiger partial charge on any atom is -1.00 e. The summed E-state index contributed by atoms with van der Waals surface area (Å²) in [5.41, 5.74) is -0.465. The molecule has 0 saturated carbocycles. The second-order valence-corrected chi connectivity index (χ2v) is 12.6. The van der Waals surface area contributed by atoms with Gasteiger partial charge in [-0.3, -0.25) is 20.2 Å². The van der Waals surface area contributed by atoms with Gasteiger partial charge in [0.1, 0.15) is 26.2 Å². The summed E-state index contributed by atoms with van der Waals surface area (Å²) in [4.78, 5) is 43.3. The molecule has 0 unspecified atom stereocenters. The molecule has 3 fully saturated rings. The molecule has 5 heterocycles. The Bertz CT molecular complexity index is 1220. The van der Waals surface area contributed by atoms with Crippen LogP contribution in [0.2, 0.25) is 10.3 Å². The van der Waals surface area contributed by atoms with Gasteiger partial charge in [0.05, 0.1) is 62.2 Å². The fraction of sp³-hybridized carbons (Fsp3) is 0.636. The fourth-order valence-corrected chi connectivity index (χ4v) is 7.19. The molecule has 42 heavy (non-hydrogen) atoms. The number of hydrogen-bond acceptors (Lipinski definition) is 12. The molecular weight excluding hydrogens is 674 g/mol. The molecule has 3 aliphatic rings. The van der Waals surface area contributed by atoms with Gasteiger partial charge in [0.15, 0.2) is 10.3 Å². The van der Waals surface area contributed by atoms with E-state index in [4.69, 9.17) is 23.2 Å². The molecule has 3 aliphatic heterocycles. The quantitative estimate of drug-likeness (QED) is 0.0748. The minimum absolute atomic E-state index is 0. The Hall–Kier alpha value is -1.66. The van der Waals surface area contributed by atoms with E-state index in [-0.39, 0.29) is 46.5 Å². The second kappa shape index (κ2) is 14.0. The predicted molar refractivity (Wildman–Crippen MR) is 155 cm³/mol. The Balaban J connectivity index is 0.00000242. The summed E-state index contributed by atoms with van der Waals surface area (Å²) in [5.74, 6) is 0.597. The van der Waals surface area contributed by atoms with Crippen molar-refractivity contribution in [2.24, 2.45) is 0 Å². The van der Waals surface area contributed by atoms with Crippen LogP contribution in [0.15, 0.2) is 10.3 Å². The smallest absolute Gasteiger partial charge is 0.348 e. The summed E-state index contributed by atoms with van der Waals surface area (Å²) in [6, 6.07) is 0. The number of hydrogen-bond donors (Lipinski definition) is 0. The van der Waals surface area contributed by atoms with E-state index in [9.17, 15) is 20.2 Å². The summed E-state index contributed by atoms with van der Waals surface area (Å²) in [6.07, 6.45) is 3.63. The lowest BCUT2D eigenvalue weighted by molar-refractivity contribution is -1.03. The molecule has 0 radical (unpaired) electrons. The third-order valence-electron chi connectivity index (χ3n) is 8.41. The summed E-state index contributed by atoms with van der Waals surface area (Å²) in [5, 5.41) is 24.0. The number of halogens is 4. The number of nitrogens with zero attached hydrogens (tertiary/aromatic N) is 10. The van der Waals surface area contributed by atoms with Crippen LogP contribution in [0.5, 0.6) is 0 Å². The van der Waals surface area contributed by atoms with Crippen molar-refractivity contribution in [2.75, 3.05) is 101 Å². The molecule has 0 bridgehead atoms. The number of aromatic nitrogens is 4. The largest absolute Gasteiger partial charge is 1.00 e. The Morgan fingerprint density at radius 1 is 0.643 bits per heavy atom. The lowest BCUT2D eigenvalue weighted by Crippen LogP contribution is -3.00. The van der Waals surface area contributed by atoms with Gasteiger partial charge in [0.25, 0.3) is 0 Å². The predicted octanol–water partition coefficient (Wildman–Crippen LogP) is -3.17. The van der Waals surface area contributed by atoms with Gasteiger partial charge in [-0.25, -0.2) is 9.97 Å². The van der Waals surface area contributed by atoms with Gasteiger partial charge in [-0.15, -0.1) is 0 Å². The van der Waals surface area contributed by atoms with E-state index in [1.165, 1.54) is 23.5 Å². The first-order valence-corrected chi connectivity index (χ1v) is 16.0. The van der Waals surface area contributed by atoms with Crippen molar-refractivity contribution in [2.45, 2.75) is 10.3 Å². The molecule has 0 N–H and O–H groups in total. The molecule has 3 saturated heterocycles. The number of piperazine rings is 3. The molecule has 0 amide bonds. The fourth-order valence-electron chi connectivity index (χ4n) is 5.90. The highest BCUT2D eigenvalue weighted by molar-refractivity contribution is 7.98. The van der Waals surface area contributed by atoms with E-state index in [2.05, 4.69) is 19.9 Å². The number of nitro groups is 2. The van der Waals surface area contributed by atoms with Crippen LogP contribution in [0, 0.1) is 20.2 Å². The highest BCUT2D eigenvalue weighted by Gasteiger charge is 2.46. The van der Waals surface area contributed by atoms with E-state index in [1.807, 2.05) is 22.3 Å².